The number of aromatic nitrogens is 1. The molecule has 0 saturated carbocycles. The predicted molar refractivity (Wildman–Crippen MR) is 89.7 cm³/mol. The molecule has 23 heavy (non-hydrogen) atoms. The van der Waals surface area contributed by atoms with Crippen LogP contribution in [0.1, 0.15) is 18.9 Å². The number of rotatable bonds is 5. The van der Waals surface area contributed by atoms with Crippen molar-refractivity contribution in [2.24, 2.45) is 0 Å². The van der Waals surface area contributed by atoms with Gasteiger partial charge in [-0.3, -0.25) is 14.8 Å². The van der Waals surface area contributed by atoms with Crippen LogP contribution in [0, 0.1) is 5.82 Å². The summed E-state index contributed by atoms with van der Waals surface area (Å²) in [6.07, 6.45) is 2.31. The Hall–Kier alpha value is -1.56. The lowest BCUT2D eigenvalue weighted by Gasteiger charge is -2.35. The highest BCUT2D eigenvalue weighted by molar-refractivity contribution is 5.81. The lowest BCUT2D eigenvalue weighted by Crippen LogP contribution is -2.48. The Morgan fingerprint density at radius 2 is 1.96 bits per heavy atom. The average molecular weight is 317 g/mol. The number of pyridine rings is 1. The van der Waals surface area contributed by atoms with Crippen LogP contribution in [0.5, 0.6) is 0 Å². The number of piperazine rings is 1. The number of β-amino-alcohol motifs (C(OH)–C–C–N with tert-alkyl or cyclic N) is 1. The van der Waals surface area contributed by atoms with Gasteiger partial charge in [-0.1, -0.05) is 13.0 Å². The van der Waals surface area contributed by atoms with Crippen LogP contribution < -0.4 is 0 Å². The van der Waals surface area contributed by atoms with E-state index < -0.39 is 0 Å². The molecule has 2 aromatic rings. The van der Waals surface area contributed by atoms with Crippen molar-refractivity contribution in [3.63, 3.8) is 0 Å². The van der Waals surface area contributed by atoms with E-state index in [0.29, 0.717) is 0 Å². The molecule has 0 spiro atoms. The molecule has 0 radical (unpaired) electrons. The molecule has 124 valence electrons. The fourth-order valence-electron chi connectivity index (χ4n) is 3.15. The molecule has 0 aliphatic carbocycles. The van der Waals surface area contributed by atoms with E-state index in [2.05, 4.69) is 14.8 Å². The van der Waals surface area contributed by atoms with Crippen LogP contribution in [-0.2, 0) is 6.54 Å². The average Bonchev–Trinajstić information content (AvgIpc) is 2.56. The Kier molecular flexibility index (Phi) is 5.20. The molecular weight excluding hydrogens is 293 g/mol. The molecule has 5 heteroatoms. The first-order chi connectivity index (χ1) is 11.2. The highest BCUT2D eigenvalue weighted by Gasteiger charge is 2.19. The summed E-state index contributed by atoms with van der Waals surface area (Å²) in [5, 5.41) is 10.6. The smallest absolute Gasteiger partial charge is 0.124 e. The summed E-state index contributed by atoms with van der Waals surface area (Å²) in [6.45, 7) is 7.21. The van der Waals surface area contributed by atoms with E-state index >= 15 is 0 Å². The van der Waals surface area contributed by atoms with Crippen molar-refractivity contribution in [1.29, 1.82) is 0 Å². The summed E-state index contributed by atoms with van der Waals surface area (Å²) >= 11 is 0. The minimum absolute atomic E-state index is 0.204. The number of hydrogen-bond acceptors (Lipinski definition) is 4. The molecule has 2 heterocycles. The Bertz CT molecular complexity index is 656. The Balaban J connectivity index is 1.65. The van der Waals surface area contributed by atoms with Gasteiger partial charge < -0.3 is 5.11 Å². The number of hydrogen-bond donors (Lipinski definition) is 1. The van der Waals surface area contributed by atoms with Crippen LogP contribution in [-0.4, -0.2) is 58.7 Å². The summed E-state index contributed by atoms with van der Waals surface area (Å²) in [4.78, 5) is 9.05. The summed E-state index contributed by atoms with van der Waals surface area (Å²) in [7, 11) is 0. The monoisotopic (exact) mass is 317 g/mol. The van der Waals surface area contributed by atoms with Gasteiger partial charge in [-0.2, -0.15) is 0 Å². The van der Waals surface area contributed by atoms with Crippen LogP contribution >= 0.6 is 0 Å². The highest BCUT2D eigenvalue weighted by atomic mass is 19.1. The van der Waals surface area contributed by atoms with Crippen LogP contribution in [0.15, 0.2) is 30.5 Å². The first kappa shape index (κ1) is 16.3. The van der Waals surface area contributed by atoms with E-state index in [0.717, 1.165) is 62.2 Å². The molecule has 1 aromatic heterocycles. The SMILES string of the molecule is CC[C@@H](O)CN1CCN(Cc2cc(F)cc3cccnc23)CC1. The topological polar surface area (TPSA) is 39.6 Å². The third-order valence-corrected chi connectivity index (χ3v) is 4.55. The van der Waals surface area contributed by atoms with Crippen LogP contribution in [0.3, 0.4) is 0 Å². The molecular formula is C18H24FN3O. The zero-order valence-corrected chi connectivity index (χ0v) is 13.6. The lowest BCUT2D eigenvalue weighted by atomic mass is 10.1. The van der Waals surface area contributed by atoms with Gasteiger partial charge in [0.2, 0.25) is 0 Å². The molecule has 4 nitrogen and oxygen atoms in total. The van der Waals surface area contributed by atoms with Gasteiger partial charge in [0.05, 0.1) is 11.6 Å². The molecule has 0 bridgehead atoms. The number of aliphatic hydroxyl groups is 1. The van der Waals surface area contributed by atoms with Gasteiger partial charge in [0.15, 0.2) is 0 Å². The van der Waals surface area contributed by atoms with Crippen molar-refractivity contribution in [1.82, 2.24) is 14.8 Å². The van der Waals surface area contributed by atoms with Crippen molar-refractivity contribution in [3.8, 4) is 0 Å². The third-order valence-electron chi connectivity index (χ3n) is 4.55. The second-order valence-corrected chi connectivity index (χ2v) is 6.28. The summed E-state index contributed by atoms with van der Waals surface area (Å²) in [5.41, 5.74) is 1.83. The first-order valence-electron chi connectivity index (χ1n) is 8.31. The first-order valence-corrected chi connectivity index (χ1v) is 8.31. The highest BCUT2D eigenvalue weighted by Crippen LogP contribution is 2.20. The molecule has 1 saturated heterocycles. The van der Waals surface area contributed by atoms with E-state index in [1.807, 2.05) is 19.1 Å². The number of nitrogens with zero attached hydrogens (tertiary/aromatic N) is 3. The quantitative estimate of drug-likeness (QED) is 0.918. The molecule has 0 unspecified atom stereocenters. The third kappa shape index (κ3) is 4.05. The van der Waals surface area contributed by atoms with Crippen molar-refractivity contribution < 1.29 is 9.50 Å². The standard InChI is InChI=1S/C18H24FN3O/c1-2-17(23)13-22-8-6-21(7-9-22)12-15-11-16(19)10-14-4-3-5-20-18(14)15/h3-5,10-11,17,23H,2,6-9,12-13H2,1H3/t17-/m1/s1. The van der Waals surface area contributed by atoms with Crippen LogP contribution in [0.2, 0.25) is 0 Å². The van der Waals surface area contributed by atoms with Gasteiger partial charge in [0, 0.05) is 50.9 Å². The second-order valence-electron chi connectivity index (χ2n) is 6.28. The van der Waals surface area contributed by atoms with Crippen LogP contribution in [0.25, 0.3) is 10.9 Å². The summed E-state index contributed by atoms with van der Waals surface area (Å²) in [6, 6.07) is 6.88. The Morgan fingerprint density at radius 1 is 1.22 bits per heavy atom. The van der Waals surface area contributed by atoms with Gasteiger partial charge in [0.1, 0.15) is 5.82 Å². The van der Waals surface area contributed by atoms with Gasteiger partial charge >= 0.3 is 0 Å². The number of benzene rings is 1. The second kappa shape index (κ2) is 7.34. The fraction of sp³-hybridized carbons (Fsp3) is 0.500. The van der Waals surface area contributed by atoms with E-state index in [-0.39, 0.29) is 11.9 Å². The zero-order valence-electron chi connectivity index (χ0n) is 13.6. The molecule has 1 aliphatic rings. The van der Waals surface area contributed by atoms with Crippen molar-refractivity contribution in [3.05, 3.63) is 41.8 Å². The minimum Gasteiger partial charge on any atom is -0.392 e. The number of halogens is 1. The van der Waals surface area contributed by atoms with Gasteiger partial charge in [-0.25, -0.2) is 4.39 Å². The Labute approximate surface area is 136 Å². The van der Waals surface area contributed by atoms with Gasteiger partial charge in [0.25, 0.3) is 0 Å². The normalized spacial score (nSPS) is 18.4. The summed E-state index contributed by atoms with van der Waals surface area (Å²) in [5.74, 6) is -0.204. The minimum atomic E-state index is -0.238. The zero-order chi connectivity index (χ0) is 16.2. The van der Waals surface area contributed by atoms with Gasteiger partial charge in [-0.15, -0.1) is 0 Å². The molecule has 1 aromatic carbocycles. The van der Waals surface area contributed by atoms with Crippen LogP contribution in [0.4, 0.5) is 4.39 Å². The molecule has 0 amide bonds. The van der Waals surface area contributed by atoms with E-state index in [9.17, 15) is 9.50 Å². The summed E-state index contributed by atoms with van der Waals surface area (Å²) < 4.78 is 13.8. The van der Waals surface area contributed by atoms with Crippen molar-refractivity contribution in [2.45, 2.75) is 26.0 Å². The Morgan fingerprint density at radius 3 is 2.70 bits per heavy atom. The molecule has 1 fully saturated rings. The number of aliphatic hydroxyl groups excluding tert-OH is 1. The van der Waals surface area contributed by atoms with E-state index in [4.69, 9.17) is 0 Å². The lowest BCUT2D eigenvalue weighted by molar-refractivity contribution is 0.0687. The number of fused-ring (bicyclic) bond motifs is 1. The molecule has 3 rings (SSSR count). The van der Waals surface area contributed by atoms with E-state index in [1.54, 1.807) is 12.3 Å². The molecule has 1 atom stereocenters. The fourth-order valence-corrected chi connectivity index (χ4v) is 3.15. The largest absolute Gasteiger partial charge is 0.392 e. The molecule has 1 N–H and O–H groups in total. The maximum atomic E-state index is 13.8. The van der Waals surface area contributed by atoms with E-state index in [1.165, 1.54) is 6.07 Å². The molecule has 1 aliphatic heterocycles. The van der Waals surface area contributed by atoms with Crippen molar-refractivity contribution in [2.75, 3.05) is 32.7 Å². The predicted octanol–water partition coefficient (Wildman–Crippen LogP) is 2.26. The maximum absolute atomic E-state index is 13.8. The van der Waals surface area contributed by atoms with Gasteiger partial charge in [-0.05, 0) is 30.2 Å². The van der Waals surface area contributed by atoms with Crippen molar-refractivity contribution >= 4 is 10.9 Å². The maximum Gasteiger partial charge on any atom is 0.124 e.